The summed E-state index contributed by atoms with van der Waals surface area (Å²) in [7, 11) is 0. The van der Waals surface area contributed by atoms with Gasteiger partial charge in [-0.3, -0.25) is 4.79 Å². The molecule has 33 heavy (non-hydrogen) atoms. The van der Waals surface area contributed by atoms with Crippen molar-refractivity contribution < 1.29 is 4.79 Å². The number of hydrogen-bond acceptors (Lipinski definition) is 6. The molecule has 2 aliphatic rings. The average molecular weight is 468 g/mol. The van der Waals surface area contributed by atoms with Gasteiger partial charge >= 0.3 is 0 Å². The lowest BCUT2D eigenvalue weighted by Crippen LogP contribution is -2.42. The smallest absolute Gasteiger partial charge is 0.223 e. The first-order valence-electron chi connectivity index (χ1n) is 12.4. The van der Waals surface area contributed by atoms with Crippen LogP contribution in [-0.4, -0.2) is 59.5 Å². The van der Waals surface area contributed by atoms with Crippen LogP contribution in [0, 0.1) is 12.8 Å². The molecule has 2 saturated heterocycles. The second kappa shape index (κ2) is 11.8. The number of rotatable bonds is 8. The molecule has 3 heterocycles. The molecule has 0 aliphatic carbocycles. The molecule has 4 rings (SSSR count). The maximum Gasteiger partial charge on any atom is 0.223 e. The van der Waals surface area contributed by atoms with Gasteiger partial charge in [0.15, 0.2) is 5.82 Å². The minimum atomic E-state index is 0.0973. The number of piperidine rings is 2. The van der Waals surface area contributed by atoms with E-state index in [1.807, 2.05) is 0 Å². The Balaban J connectivity index is 1.23. The van der Waals surface area contributed by atoms with Gasteiger partial charge in [0.25, 0.3) is 0 Å². The molecular weight excluding hydrogens is 430 g/mol. The number of aryl methyl sites for hydroxylation is 1. The van der Waals surface area contributed by atoms with Crippen molar-refractivity contribution in [3.8, 4) is 0 Å². The van der Waals surface area contributed by atoms with E-state index in [9.17, 15) is 4.79 Å². The van der Waals surface area contributed by atoms with Gasteiger partial charge in [0.2, 0.25) is 5.91 Å². The number of carbonyl (C=O) groups is 1. The summed E-state index contributed by atoms with van der Waals surface area (Å²) < 4.78 is 0. The van der Waals surface area contributed by atoms with Crippen molar-refractivity contribution in [2.45, 2.75) is 68.3 Å². The van der Waals surface area contributed by atoms with E-state index in [1.165, 1.54) is 31.4 Å². The monoisotopic (exact) mass is 467 g/mol. The van der Waals surface area contributed by atoms with Crippen LogP contribution in [0.5, 0.6) is 0 Å². The van der Waals surface area contributed by atoms with Crippen LogP contribution in [0.2, 0.25) is 0 Å². The lowest BCUT2D eigenvalue weighted by Gasteiger charge is -2.34. The zero-order valence-corrected chi connectivity index (χ0v) is 20.8. The third-order valence-electron chi connectivity index (χ3n) is 6.91. The van der Waals surface area contributed by atoms with E-state index in [2.05, 4.69) is 63.2 Å². The first-order valence-corrected chi connectivity index (χ1v) is 13.2. The fourth-order valence-electron chi connectivity index (χ4n) is 4.81. The Hall–Kier alpha value is -2.12. The van der Waals surface area contributed by atoms with Crippen molar-refractivity contribution in [3.05, 3.63) is 42.2 Å². The predicted octanol–water partition coefficient (Wildman–Crippen LogP) is 4.53. The number of hydrogen-bond donors (Lipinski definition) is 1. The normalized spacial score (nSPS) is 20.1. The summed E-state index contributed by atoms with van der Waals surface area (Å²) >= 11 is 1.65. The van der Waals surface area contributed by atoms with Crippen LogP contribution in [0.3, 0.4) is 0 Å². The van der Waals surface area contributed by atoms with Gasteiger partial charge in [-0.15, -0.1) is 0 Å². The second-order valence-electron chi connectivity index (χ2n) is 9.39. The molecule has 0 unspecified atom stereocenters. The summed E-state index contributed by atoms with van der Waals surface area (Å²) in [6.45, 7) is 9.18. The van der Waals surface area contributed by atoms with Crippen molar-refractivity contribution in [2.24, 2.45) is 5.92 Å². The molecule has 2 aromatic rings. The molecule has 0 radical (unpaired) electrons. The molecule has 2 aliphatic heterocycles. The molecule has 0 saturated carbocycles. The minimum Gasteiger partial charge on any atom is -0.356 e. The van der Waals surface area contributed by atoms with E-state index in [4.69, 9.17) is 0 Å². The van der Waals surface area contributed by atoms with Crippen LogP contribution < -0.4 is 10.2 Å². The summed E-state index contributed by atoms with van der Waals surface area (Å²) in [5, 5.41) is 4.12. The van der Waals surface area contributed by atoms with Gasteiger partial charge in [-0.2, -0.15) is 0 Å². The van der Waals surface area contributed by atoms with Crippen LogP contribution in [-0.2, 0) is 4.79 Å². The Morgan fingerprint density at radius 1 is 1.06 bits per heavy atom. The highest BCUT2D eigenvalue weighted by Gasteiger charge is 2.27. The lowest BCUT2D eigenvalue weighted by molar-refractivity contribution is -0.125. The Bertz CT molecular complexity index is 898. The van der Waals surface area contributed by atoms with Crippen LogP contribution in [0.15, 0.2) is 46.6 Å². The number of nitrogens with one attached hydrogen (secondary N) is 1. The average Bonchev–Trinajstić information content (AvgIpc) is 2.85. The van der Waals surface area contributed by atoms with Crippen molar-refractivity contribution >= 4 is 23.5 Å². The lowest BCUT2D eigenvalue weighted by atomic mass is 9.96. The Kier molecular flexibility index (Phi) is 8.62. The molecule has 2 fully saturated rings. The molecule has 178 valence electrons. The van der Waals surface area contributed by atoms with E-state index in [-0.39, 0.29) is 11.8 Å². The van der Waals surface area contributed by atoms with Crippen molar-refractivity contribution in [3.63, 3.8) is 0 Å². The molecule has 1 N–H and O–H groups in total. The van der Waals surface area contributed by atoms with Gasteiger partial charge in [-0.25, -0.2) is 9.97 Å². The Labute approximate surface area is 202 Å². The van der Waals surface area contributed by atoms with Gasteiger partial charge in [-0.1, -0.05) is 35.9 Å². The highest BCUT2D eigenvalue weighted by molar-refractivity contribution is 7.99. The summed E-state index contributed by atoms with van der Waals surface area (Å²) in [5.74, 6) is 1.24. The number of amides is 1. The van der Waals surface area contributed by atoms with E-state index in [0.29, 0.717) is 6.04 Å². The number of likely N-dealkylation sites (tertiary alicyclic amines) is 1. The van der Waals surface area contributed by atoms with Crippen LogP contribution in [0.4, 0.5) is 5.82 Å². The van der Waals surface area contributed by atoms with Crippen molar-refractivity contribution in [2.75, 3.05) is 37.6 Å². The zero-order chi connectivity index (χ0) is 23.0. The molecule has 6 nitrogen and oxygen atoms in total. The molecule has 1 aromatic heterocycles. The molecule has 0 spiro atoms. The zero-order valence-electron chi connectivity index (χ0n) is 20.0. The third kappa shape index (κ3) is 6.70. The van der Waals surface area contributed by atoms with Gasteiger partial charge in [0.05, 0.1) is 0 Å². The maximum atomic E-state index is 12.7. The van der Waals surface area contributed by atoms with Crippen molar-refractivity contribution in [1.82, 2.24) is 20.2 Å². The van der Waals surface area contributed by atoms with Crippen LogP contribution in [0.25, 0.3) is 0 Å². The molecular formula is C26H37N5OS. The van der Waals surface area contributed by atoms with E-state index >= 15 is 0 Å². The number of carbonyl (C=O) groups excluding carboxylic acids is 1. The van der Waals surface area contributed by atoms with Gasteiger partial charge < -0.3 is 15.1 Å². The van der Waals surface area contributed by atoms with Gasteiger partial charge in [0, 0.05) is 55.4 Å². The standard InChI is InChI=1S/C26H37N5OS/c1-20-7-9-23(10-8-20)33-26-24(27-14-15-29-26)31-18-11-22(12-19-31)25(32)28-13-5-17-30-16-4-3-6-21(30)2/h7-10,14-15,21-22H,3-6,11-13,16-19H2,1-2H3,(H,28,32)/t21-/m0/s1. The number of benzene rings is 1. The minimum absolute atomic E-state index is 0.0973. The summed E-state index contributed by atoms with van der Waals surface area (Å²) in [6.07, 6.45) is 10.2. The fourth-order valence-corrected chi connectivity index (χ4v) is 5.69. The van der Waals surface area contributed by atoms with Crippen LogP contribution >= 0.6 is 11.8 Å². The summed E-state index contributed by atoms with van der Waals surface area (Å²) in [4.78, 5) is 28.0. The molecule has 1 aromatic carbocycles. The largest absolute Gasteiger partial charge is 0.356 e. The highest BCUT2D eigenvalue weighted by atomic mass is 32.2. The molecule has 0 bridgehead atoms. The second-order valence-corrected chi connectivity index (χ2v) is 10.4. The topological polar surface area (TPSA) is 61.4 Å². The highest BCUT2D eigenvalue weighted by Crippen LogP contribution is 2.34. The summed E-state index contributed by atoms with van der Waals surface area (Å²) in [5.41, 5.74) is 1.25. The van der Waals surface area contributed by atoms with E-state index in [0.717, 1.165) is 61.2 Å². The van der Waals surface area contributed by atoms with Crippen LogP contribution in [0.1, 0.15) is 51.0 Å². The Morgan fingerprint density at radius 2 is 1.82 bits per heavy atom. The van der Waals surface area contributed by atoms with Gasteiger partial charge in [0.1, 0.15) is 5.03 Å². The molecule has 1 amide bonds. The fraction of sp³-hybridized carbons (Fsp3) is 0.577. The molecule has 1 atom stereocenters. The number of anilines is 1. The van der Waals surface area contributed by atoms with E-state index in [1.54, 1.807) is 24.2 Å². The van der Waals surface area contributed by atoms with E-state index < -0.39 is 0 Å². The SMILES string of the molecule is Cc1ccc(Sc2nccnc2N2CCC(C(=O)NCCCN3CCCC[C@@H]3C)CC2)cc1. The number of aromatic nitrogens is 2. The summed E-state index contributed by atoms with van der Waals surface area (Å²) in [6, 6.07) is 9.18. The van der Waals surface area contributed by atoms with Gasteiger partial charge in [-0.05, 0) is 64.6 Å². The predicted molar refractivity (Wildman–Crippen MR) is 135 cm³/mol. The first kappa shape index (κ1) is 24.0. The maximum absolute atomic E-state index is 12.7. The molecule has 7 heteroatoms. The first-order chi connectivity index (χ1) is 16.1. The van der Waals surface area contributed by atoms with Crippen molar-refractivity contribution in [1.29, 1.82) is 0 Å². The quantitative estimate of drug-likeness (QED) is 0.576. The third-order valence-corrected chi connectivity index (χ3v) is 7.90. The Morgan fingerprint density at radius 3 is 2.58 bits per heavy atom. The number of nitrogens with zero attached hydrogens (tertiary/aromatic N) is 4.